The van der Waals surface area contributed by atoms with Crippen molar-refractivity contribution in [2.24, 2.45) is 0 Å². The molecule has 2 aromatic heterocycles. The second-order valence-electron chi connectivity index (χ2n) is 4.05. The van der Waals surface area contributed by atoms with E-state index in [1.165, 1.54) is 0 Å². The van der Waals surface area contributed by atoms with E-state index >= 15 is 0 Å². The largest absolute Gasteiger partial charge is 0.383 e. The van der Waals surface area contributed by atoms with E-state index in [-0.39, 0.29) is 0 Å². The molecule has 2 aromatic rings. The minimum absolute atomic E-state index is 0.846. The van der Waals surface area contributed by atoms with Gasteiger partial charge in [-0.1, -0.05) is 6.92 Å². The molecule has 0 aromatic carbocycles. The Labute approximate surface area is 107 Å². The third kappa shape index (κ3) is 3.76. The highest BCUT2D eigenvalue weighted by Crippen LogP contribution is 2.11. The lowest BCUT2D eigenvalue weighted by Crippen LogP contribution is -2.11. The van der Waals surface area contributed by atoms with Crippen LogP contribution >= 0.6 is 0 Å². The Bertz CT molecular complexity index is 452. The van der Waals surface area contributed by atoms with Gasteiger partial charge < -0.3 is 10.6 Å². The molecule has 96 valence electrons. The lowest BCUT2D eigenvalue weighted by atomic mass is 10.3. The van der Waals surface area contributed by atoms with E-state index in [9.17, 15) is 0 Å². The monoisotopic (exact) mass is 245 g/mol. The van der Waals surface area contributed by atoms with Gasteiger partial charge in [0.05, 0.1) is 6.54 Å². The number of hydrogen-bond donors (Lipinski definition) is 2. The Morgan fingerprint density at radius 1 is 1.22 bits per heavy atom. The lowest BCUT2D eigenvalue weighted by Gasteiger charge is -2.09. The molecule has 0 radical (unpaired) electrons. The highest BCUT2D eigenvalue weighted by atomic mass is 15.3. The summed E-state index contributed by atoms with van der Waals surface area (Å²) in [6.07, 6.45) is 6.66. The van der Waals surface area contributed by atoms with Gasteiger partial charge in [0.2, 0.25) is 0 Å². The molecule has 0 bridgehead atoms. The maximum Gasteiger partial charge on any atom is 0.127 e. The highest BCUT2D eigenvalue weighted by molar-refractivity contribution is 5.51. The van der Waals surface area contributed by atoms with Gasteiger partial charge in [-0.3, -0.25) is 4.68 Å². The van der Waals surface area contributed by atoms with Gasteiger partial charge in [0, 0.05) is 43.4 Å². The fourth-order valence-electron chi connectivity index (χ4n) is 1.64. The third-order valence-corrected chi connectivity index (χ3v) is 2.55. The van der Waals surface area contributed by atoms with Gasteiger partial charge in [-0.15, -0.1) is 0 Å². The normalized spacial score (nSPS) is 10.3. The van der Waals surface area contributed by atoms with Crippen LogP contribution in [0.15, 0.2) is 36.8 Å². The highest BCUT2D eigenvalue weighted by Gasteiger charge is 1.96. The molecule has 0 unspecified atom stereocenters. The first-order valence-electron chi connectivity index (χ1n) is 6.29. The fourth-order valence-corrected chi connectivity index (χ4v) is 1.64. The van der Waals surface area contributed by atoms with Gasteiger partial charge in [0.25, 0.3) is 0 Å². The van der Waals surface area contributed by atoms with Gasteiger partial charge in [0.1, 0.15) is 5.82 Å². The van der Waals surface area contributed by atoms with Gasteiger partial charge in [-0.2, -0.15) is 5.10 Å². The van der Waals surface area contributed by atoms with E-state index in [0.29, 0.717) is 0 Å². The van der Waals surface area contributed by atoms with E-state index in [1.54, 1.807) is 6.20 Å². The Morgan fingerprint density at radius 2 is 2.17 bits per heavy atom. The zero-order valence-corrected chi connectivity index (χ0v) is 10.6. The van der Waals surface area contributed by atoms with Crippen LogP contribution in [0.25, 0.3) is 0 Å². The summed E-state index contributed by atoms with van der Waals surface area (Å²) in [5.74, 6) is 0.918. The number of aromatic nitrogens is 3. The molecule has 0 fully saturated rings. The van der Waals surface area contributed by atoms with Crippen LogP contribution in [0.4, 0.5) is 11.5 Å². The van der Waals surface area contributed by atoms with Crippen molar-refractivity contribution < 1.29 is 0 Å². The van der Waals surface area contributed by atoms with Gasteiger partial charge in [-0.05, 0) is 18.6 Å². The summed E-state index contributed by atoms with van der Waals surface area (Å²) in [6, 6.07) is 5.93. The Morgan fingerprint density at radius 3 is 2.94 bits per heavy atom. The molecule has 5 heteroatoms. The third-order valence-electron chi connectivity index (χ3n) is 2.55. The van der Waals surface area contributed by atoms with E-state index in [0.717, 1.165) is 37.6 Å². The van der Waals surface area contributed by atoms with Crippen LogP contribution in [0.1, 0.15) is 13.3 Å². The predicted octanol–water partition coefficient (Wildman–Crippen LogP) is 2.21. The summed E-state index contributed by atoms with van der Waals surface area (Å²) in [7, 11) is 0. The Balaban J connectivity index is 1.81. The standard InChI is InChI=1S/C13H19N5/c1-2-5-15-13-11-12(4-7-16-13)14-8-10-18-9-3-6-17-18/h3-4,6-7,9,11H,2,5,8,10H2,1H3,(H2,14,15,16). The van der Waals surface area contributed by atoms with E-state index in [1.807, 2.05) is 35.3 Å². The van der Waals surface area contributed by atoms with Gasteiger partial charge in [-0.25, -0.2) is 4.98 Å². The van der Waals surface area contributed by atoms with Crippen molar-refractivity contribution in [3.05, 3.63) is 36.8 Å². The minimum atomic E-state index is 0.846. The van der Waals surface area contributed by atoms with Crippen molar-refractivity contribution in [1.82, 2.24) is 14.8 Å². The molecule has 0 saturated heterocycles. The number of rotatable bonds is 7. The predicted molar refractivity (Wildman–Crippen MR) is 73.7 cm³/mol. The molecule has 0 atom stereocenters. The van der Waals surface area contributed by atoms with Crippen molar-refractivity contribution in [3.8, 4) is 0 Å². The SMILES string of the molecule is CCCNc1cc(NCCn2cccn2)ccn1. The summed E-state index contributed by atoms with van der Waals surface area (Å²) in [4.78, 5) is 4.27. The summed E-state index contributed by atoms with van der Waals surface area (Å²) in [5.41, 5.74) is 1.08. The lowest BCUT2D eigenvalue weighted by molar-refractivity contribution is 0.638. The number of anilines is 2. The van der Waals surface area contributed by atoms with Crippen molar-refractivity contribution in [2.75, 3.05) is 23.7 Å². The average molecular weight is 245 g/mol. The first-order valence-corrected chi connectivity index (χ1v) is 6.29. The quantitative estimate of drug-likeness (QED) is 0.785. The second kappa shape index (κ2) is 6.64. The molecule has 0 amide bonds. The topological polar surface area (TPSA) is 54.8 Å². The van der Waals surface area contributed by atoms with Crippen molar-refractivity contribution in [3.63, 3.8) is 0 Å². The number of nitrogens with zero attached hydrogens (tertiary/aromatic N) is 3. The number of nitrogens with one attached hydrogen (secondary N) is 2. The van der Waals surface area contributed by atoms with Crippen molar-refractivity contribution in [2.45, 2.75) is 19.9 Å². The Kier molecular flexibility index (Phi) is 4.58. The molecule has 0 saturated carbocycles. The van der Waals surface area contributed by atoms with Gasteiger partial charge >= 0.3 is 0 Å². The molecule has 2 heterocycles. The van der Waals surface area contributed by atoms with E-state index < -0.39 is 0 Å². The Hall–Kier alpha value is -2.04. The molecule has 2 rings (SSSR count). The maximum atomic E-state index is 4.27. The smallest absolute Gasteiger partial charge is 0.127 e. The van der Waals surface area contributed by atoms with Crippen LogP contribution in [0.3, 0.4) is 0 Å². The summed E-state index contributed by atoms with van der Waals surface area (Å²) >= 11 is 0. The molecular formula is C13H19N5. The van der Waals surface area contributed by atoms with E-state index in [2.05, 4.69) is 27.6 Å². The fraction of sp³-hybridized carbons (Fsp3) is 0.385. The second-order valence-corrected chi connectivity index (χ2v) is 4.05. The molecule has 2 N–H and O–H groups in total. The van der Waals surface area contributed by atoms with Crippen LogP contribution in [0.2, 0.25) is 0 Å². The molecular weight excluding hydrogens is 226 g/mol. The van der Waals surface area contributed by atoms with Crippen molar-refractivity contribution >= 4 is 11.5 Å². The first-order chi connectivity index (χ1) is 8.88. The molecule has 0 spiro atoms. The average Bonchev–Trinajstić information content (AvgIpc) is 2.90. The van der Waals surface area contributed by atoms with Crippen LogP contribution in [-0.4, -0.2) is 27.9 Å². The summed E-state index contributed by atoms with van der Waals surface area (Å²) in [5, 5.41) is 10.8. The maximum absolute atomic E-state index is 4.27. The molecule has 5 nitrogen and oxygen atoms in total. The van der Waals surface area contributed by atoms with Crippen LogP contribution in [0, 0.1) is 0 Å². The summed E-state index contributed by atoms with van der Waals surface area (Å²) in [6.45, 7) is 4.79. The number of pyridine rings is 1. The van der Waals surface area contributed by atoms with E-state index in [4.69, 9.17) is 0 Å². The van der Waals surface area contributed by atoms with Crippen LogP contribution in [-0.2, 0) is 6.54 Å². The first kappa shape index (κ1) is 12.4. The van der Waals surface area contributed by atoms with Gasteiger partial charge in [0.15, 0.2) is 0 Å². The molecule has 18 heavy (non-hydrogen) atoms. The summed E-state index contributed by atoms with van der Waals surface area (Å²) < 4.78 is 1.91. The van der Waals surface area contributed by atoms with Crippen LogP contribution in [0.5, 0.6) is 0 Å². The zero-order valence-electron chi connectivity index (χ0n) is 10.6. The molecule has 0 aliphatic heterocycles. The minimum Gasteiger partial charge on any atom is -0.383 e. The zero-order chi connectivity index (χ0) is 12.6. The molecule has 0 aliphatic carbocycles. The van der Waals surface area contributed by atoms with Crippen molar-refractivity contribution in [1.29, 1.82) is 0 Å². The van der Waals surface area contributed by atoms with Crippen LogP contribution < -0.4 is 10.6 Å². The number of hydrogen-bond acceptors (Lipinski definition) is 4. The molecule has 0 aliphatic rings.